The standard InChI is InChI=1S/C15H17NO2/c17-14-15(9-4-10-15)18-13-8-7-12(16(13)14)11-5-2-1-3-6-11/h1-3,5-6,12-13H,4,7-10H2/t12-,13+/m0/s1. The van der Waals surface area contributed by atoms with Crippen molar-refractivity contribution in [2.45, 2.75) is 50.0 Å². The van der Waals surface area contributed by atoms with Gasteiger partial charge in [0.05, 0.1) is 6.04 Å². The summed E-state index contributed by atoms with van der Waals surface area (Å²) in [6, 6.07) is 10.6. The first-order chi connectivity index (χ1) is 8.80. The van der Waals surface area contributed by atoms with Crippen LogP contribution in [-0.2, 0) is 9.53 Å². The van der Waals surface area contributed by atoms with Crippen molar-refractivity contribution >= 4 is 5.91 Å². The van der Waals surface area contributed by atoms with E-state index in [2.05, 4.69) is 12.1 Å². The number of ether oxygens (including phenoxy) is 1. The minimum atomic E-state index is -0.432. The van der Waals surface area contributed by atoms with E-state index >= 15 is 0 Å². The lowest BCUT2D eigenvalue weighted by atomic mass is 9.79. The van der Waals surface area contributed by atoms with E-state index in [0.29, 0.717) is 0 Å². The Morgan fingerprint density at radius 2 is 1.94 bits per heavy atom. The van der Waals surface area contributed by atoms with Crippen molar-refractivity contribution in [1.82, 2.24) is 4.90 Å². The molecule has 1 amide bonds. The van der Waals surface area contributed by atoms with E-state index in [1.54, 1.807) is 0 Å². The number of hydrogen-bond donors (Lipinski definition) is 0. The molecule has 0 N–H and O–H groups in total. The number of benzene rings is 1. The third-order valence-corrected chi connectivity index (χ3v) is 4.66. The van der Waals surface area contributed by atoms with Gasteiger partial charge in [0.25, 0.3) is 5.91 Å². The molecule has 4 rings (SSSR count). The molecule has 1 aromatic rings. The van der Waals surface area contributed by atoms with Gasteiger partial charge in [-0.15, -0.1) is 0 Å². The lowest BCUT2D eigenvalue weighted by Crippen LogP contribution is -2.46. The van der Waals surface area contributed by atoms with Crippen LogP contribution >= 0.6 is 0 Å². The number of carbonyl (C=O) groups excluding carboxylic acids is 1. The van der Waals surface area contributed by atoms with E-state index in [1.807, 2.05) is 23.1 Å². The van der Waals surface area contributed by atoms with Crippen molar-refractivity contribution in [2.24, 2.45) is 0 Å². The van der Waals surface area contributed by atoms with E-state index in [1.165, 1.54) is 5.56 Å². The first-order valence-corrected chi connectivity index (χ1v) is 6.86. The molecule has 1 aromatic carbocycles. The molecule has 2 saturated heterocycles. The molecule has 1 spiro atoms. The first kappa shape index (κ1) is 10.6. The van der Waals surface area contributed by atoms with Crippen LogP contribution in [0.2, 0.25) is 0 Å². The molecule has 18 heavy (non-hydrogen) atoms. The quantitative estimate of drug-likeness (QED) is 0.759. The Kier molecular flexibility index (Phi) is 2.10. The van der Waals surface area contributed by atoms with Gasteiger partial charge in [-0.2, -0.15) is 0 Å². The second-order valence-corrected chi connectivity index (χ2v) is 5.64. The van der Waals surface area contributed by atoms with Gasteiger partial charge >= 0.3 is 0 Å². The minimum Gasteiger partial charge on any atom is -0.342 e. The molecule has 3 aliphatic rings. The Labute approximate surface area is 107 Å². The number of fused-ring (bicyclic) bond motifs is 1. The predicted octanol–water partition coefficient (Wildman–Crippen LogP) is 2.63. The third kappa shape index (κ3) is 1.25. The fourth-order valence-electron chi connectivity index (χ4n) is 3.55. The van der Waals surface area contributed by atoms with Crippen molar-refractivity contribution in [2.75, 3.05) is 0 Å². The van der Waals surface area contributed by atoms with E-state index in [0.717, 1.165) is 32.1 Å². The topological polar surface area (TPSA) is 29.5 Å². The molecule has 0 aromatic heterocycles. The van der Waals surface area contributed by atoms with E-state index < -0.39 is 5.60 Å². The fourth-order valence-corrected chi connectivity index (χ4v) is 3.55. The Morgan fingerprint density at radius 1 is 1.17 bits per heavy atom. The van der Waals surface area contributed by atoms with Gasteiger partial charge in [0.1, 0.15) is 11.8 Å². The molecule has 0 bridgehead atoms. The van der Waals surface area contributed by atoms with Gasteiger partial charge < -0.3 is 9.64 Å². The Hall–Kier alpha value is -1.35. The molecule has 3 heteroatoms. The number of hydrogen-bond acceptors (Lipinski definition) is 2. The lowest BCUT2D eigenvalue weighted by Gasteiger charge is -2.35. The van der Waals surface area contributed by atoms with Crippen LogP contribution in [-0.4, -0.2) is 22.6 Å². The Morgan fingerprint density at radius 3 is 2.61 bits per heavy atom. The average Bonchev–Trinajstić information content (AvgIpc) is 2.88. The first-order valence-electron chi connectivity index (χ1n) is 6.86. The van der Waals surface area contributed by atoms with Gasteiger partial charge in [-0.3, -0.25) is 4.79 Å². The average molecular weight is 243 g/mol. The minimum absolute atomic E-state index is 0.0306. The van der Waals surface area contributed by atoms with E-state index in [4.69, 9.17) is 4.74 Å². The summed E-state index contributed by atoms with van der Waals surface area (Å²) in [5.41, 5.74) is 0.811. The number of amides is 1. The molecule has 2 atom stereocenters. The van der Waals surface area contributed by atoms with Crippen LogP contribution in [0.15, 0.2) is 30.3 Å². The van der Waals surface area contributed by atoms with Gasteiger partial charge in [-0.05, 0) is 37.7 Å². The van der Waals surface area contributed by atoms with Gasteiger partial charge in [-0.1, -0.05) is 30.3 Å². The maximum absolute atomic E-state index is 12.6. The summed E-state index contributed by atoms with van der Waals surface area (Å²) >= 11 is 0. The molecule has 94 valence electrons. The molecular formula is C15H17NO2. The Bertz CT molecular complexity index is 481. The van der Waals surface area contributed by atoms with Crippen molar-refractivity contribution < 1.29 is 9.53 Å². The SMILES string of the molecule is O=C1N2[C@@H](CC[C@H]2c2ccccc2)OC12CCC2. The highest BCUT2D eigenvalue weighted by Crippen LogP contribution is 2.50. The monoisotopic (exact) mass is 243 g/mol. The normalized spacial score (nSPS) is 32.7. The zero-order chi connectivity index (χ0) is 12.2. The van der Waals surface area contributed by atoms with Crippen molar-refractivity contribution in [1.29, 1.82) is 0 Å². The van der Waals surface area contributed by atoms with Crippen LogP contribution in [0.4, 0.5) is 0 Å². The summed E-state index contributed by atoms with van der Waals surface area (Å²) in [5.74, 6) is 0.241. The zero-order valence-corrected chi connectivity index (χ0v) is 10.3. The molecule has 2 heterocycles. The molecule has 0 radical (unpaired) electrons. The summed E-state index contributed by atoms with van der Waals surface area (Å²) in [7, 11) is 0. The summed E-state index contributed by atoms with van der Waals surface area (Å²) < 4.78 is 6.05. The molecule has 3 nitrogen and oxygen atoms in total. The van der Waals surface area contributed by atoms with Gasteiger partial charge in [0.15, 0.2) is 0 Å². The third-order valence-electron chi connectivity index (χ3n) is 4.66. The molecule has 0 unspecified atom stereocenters. The van der Waals surface area contributed by atoms with Crippen LogP contribution < -0.4 is 0 Å². The van der Waals surface area contributed by atoms with Crippen LogP contribution in [0.3, 0.4) is 0 Å². The van der Waals surface area contributed by atoms with Gasteiger partial charge in [0.2, 0.25) is 0 Å². The summed E-state index contributed by atoms with van der Waals surface area (Å²) in [6.45, 7) is 0. The smallest absolute Gasteiger partial charge is 0.257 e. The van der Waals surface area contributed by atoms with Crippen LogP contribution in [0, 0.1) is 0 Å². The maximum atomic E-state index is 12.6. The van der Waals surface area contributed by atoms with E-state index in [-0.39, 0.29) is 18.2 Å². The van der Waals surface area contributed by atoms with Crippen LogP contribution in [0.25, 0.3) is 0 Å². The van der Waals surface area contributed by atoms with Crippen molar-refractivity contribution in [3.63, 3.8) is 0 Å². The van der Waals surface area contributed by atoms with Gasteiger partial charge in [-0.25, -0.2) is 0 Å². The highest BCUT2D eigenvalue weighted by molar-refractivity contribution is 5.88. The fraction of sp³-hybridized carbons (Fsp3) is 0.533. The maximum Gasteiger partial charge on any atom is 0.257 e. The summed E-state index contributed by atoms with van der Waals surface area (Å²) in [4.78, 5) is 14.6. The largest absolute Gasteiger partial charge is 0.342 e. The Balaban J connectivity index is 1.67. The summed E-state index contributed by atoms with van der Waals surface area (Å²) in [6.07, 6.45) is 5.00. The molecular weight excluding hydrogens is 226 g/mol. The van der Waals surface area contributed by atoms with Crippen molar-refractivity contribution in [3.05, 3.63) is 35.9 Å². The molecule has 2 aliphatic heterocycles. The second-order valence-electron chi connectivity index (χ2n) is 5.64. The second kappa shape index (κ2) is 3.58. The molecule has 1 aliphatic carbocycles. The van der Waals surface area contributed by atoms with E-state index in [9.17, 15) is 4.79 Å². The van der Waals surface area contributed by atoms with Crippen molar-refractivity contribution in [3.8, 4) is 0 Å². The van der Waals surface area contributed by atoms with Crippen LogP contribution in [0.1, 0.15) is 43.7 Å². The predicted molar refractivity (Wildman–Crippen MR) is 66.7 cm³/mol. The zero-order valence-electron chi connectivity index (χ0n) is 10.3. The summed E-state index contributed by atoms with van der Waals surface area (Å²) in [5, 5.41) is 0. The van der Waals surface area contributed by atoms with Gasteiger partial charge in [0, 0.05) is 0 Å². The molecule has 1 saturated carbocycles. The molecule has 3 fully saturated rings. The number of nitrogens with zero attached hydrogens (tertiary/aromatic N) is 1. The lowest BCUT2D eigenvalue weighted by molar-refractivity contribution is -0.147. The number of rotatable bonds is 1. The van der Waals surface area contributed by atoms with Crippen LogP contribution in [0.5, 0.6) is 0 Å². The highest BCUT2D eigenvalue weighted by Gasteiger charge is 2.59. The number of carbonyl (C=O) groups is 1. The highest BCUT2D eigenvalue weighted by atomic mass is 16.6.